The zero-order valence-corrected chi connectivity index (χ0v) is 16.9. The quantitative estimate of drug-likeness (QED) is 0.360. The van der Waals surface area contributed by atoms with Gasteiger partial charge in [0.15, 0.2) is 0 Å². The second-order valence-corrected chi connectivity index (χ2v) is 7.77. The summed E-state index contributed by atoms with van der Waals surface area (Å²) in [7, 11) is 0. The number of fused-ring (bicyclic) bond motifs is 1. The first kappa shape index (κ1) is 20.5. The van der Waals surface area contributed by atoms with Gasteiger partial charge in [0.1, 0.15) is 22.1 Å². The number of carbonyl (C=O) groups is 1. The van der Waals surface area contributed by atoms with Gasteiger partial charge in [-0.05, 0) is 44.5 Å². The maximum Gasteiger partial charge on any atom is 0.412 e. The van der Waals surface area contributed by atoms with Crippen molar-refractivity contribution in [3.8, 4) is 0 Å². The third kappa shape index (κ3) is 5.17. The summed E-state index contributed by atoms with van der Waals surface area (Å²) < 4.78 is 5.18. The molecule has 0 saturated heterocycles. The Bertz CT molecular complexity index is 1100. The third-order valence-electron chi connectivity index (χ3n) is 3.89. The largest absolute Gasteiger partial charge is 0.444 e. The highest BCUT2D eigenvalue weighted by molar-refractivity contribution is 6.29. The zero-order chi connectivity index (χ0) is 21.2. The van der Waals surface area contributed by atoms with Crippen LogP contribution in [0.5, 0.6) is 0 Å². The van der Waals surface area contributed by atoms with Crippen LogP contribution in [0.25, 0.3) is 10.9 Å². The average molecular weight is 415 g/mol. The van der Waals surface area contributed by atoms with Crippen LogP contribution in [0.3, 0.4) is 0 Å². The van der Waals surface area contributed by atoms with E-state index in [0.717, 1.165) is 16.5 Å². The Hall–Kier alpha value is -3.26. The summed E-state index contributed by atoms with van der Waals surface area (Å²) in [5.41, 5.74) is 0.603. The van der Waals surface area contributed by atoms with E-state index in [4.69, 9.17) is 16.3 Å². The summed E-state index contributed by atoms with van der Waals surface area (Å²) in [6.07, 6.45) is 1.04. The van der Waals surface area contributed by atoms with Crippen molar-refractivity contribution < 1.29 is 14.5 Å². The maximum absolute atomic E-state index is 12.1. The van der Waals surface area contributed by atoms with Crippen molar-refractivity contribution in [2.24, 2.45) is 0 Å². The molecule has 29 heavy (non-hydrogen) atoms. The molecule has 150 valence electrons. The summed E-state index contributed by atoms with van der Waals surface area (Å²) in [6.45, 7) is 5.08. The van der Waals surface area contributed by atoms with E-state index in [-0.39, 0.29) is 28.6 Å². The Morgan fingerprint density at radius 2 is 2.03 bits per heavy atom. The first-order valence-electron chi connectivity index (χ1n) is 8.80. The first-order valence-corrected chi connectivity index (χ1v) is 9.17. The normalized spacial score (nSPS) is 11.3. The van der Waals surface area contributed by atoms with E-state index < -0.39 is 16.6 Å². The monoisotopic (exact) mass is 414 g/mol. The first-order chi connectivity index (χ1) is 13.6. The van der Waals surface area contributed by atoms with Crippen LogP contribution >= 0.6 is 11.6 Å². The van der Waals surface area contributed by atoms with Crippen molar-refractivity contribution in [1.82, 2.24) is 9.97 Å². The summed E-state index contributed by atoms with van der Waals surface area (Å²) in [5, 5.41) is 15.1. The number of nitrogens with zero attached hydrogens (tertiary/aromatic N) is 3. The molecule has 0 spiro atoms. The molecule has 0 aliphatic rings. The van der Waals surface area contributed by atoms with Crippen molar-refractivity contribution in [2.75, 3.05) is 5.32 Å². The molecule has 1 amide bonds. The summed E-state index contributed by atoms with van der Waals surface area (Å²) in [4.78, 5) is 31.6. The summed E-state index contributed by atoms with van der Waals surface area (Å²) in [6, 6.07) is 10.5. The Balaban J connectivity index is 1.98. The lowest BCUT2D eigenvalue weighted by molar-refractivity contribution is -0.384. The van der Waals surface area contributed by atoms with Gasteiger partial charge in [0.2, 0.25) is 0 Å². The molecule has 3 rings (SSSR count). The molecule has 9 heteroatoms. The number of benzene rings is 1. The highest BCUT2D eigenvalue weighted by Gasteiger charge is 2.26. The van der Waals surface area contributed by atoms with Crippen LogP contribution in [0.2, 0.25) is 5.15 Å². The number of halogens is 1. The average Bonchev–Trinajstić information content (AvgIpc) is 2.59. The SMILES string of the molecule is CC(C)(C)OC(=O)Nc1cc(Cl)nc(Cc2ccc3ncccc3c2)c1[N+](=O)[O-]. The number of pyridine rings is 2. The van der Waals surface area contributed by atoms with E-state index in [0.29, 0.717) is 0 Å². The fourth-order valence-corrected chi connectivity index (χ4v) is 3.03. The number of amides is 1. The number of anilines is 1. The predicted octanol–water partition coefficient (Wildman–Crippen LogP) is 5.13. The molecule has 1 N–H and O–H groups in total. The second-order valence-electron chi connectivity index (χ2n) is 7.38. The van der Waals surface area contributed by atoms with Gasteiger partial charge in [-0.25, -0.2) is 9.78 Å². The van der Waals surface area contributed by atoms with Gasteiger partial charge >= 0.3 is 11.8 Å². The number of ether oxygens (including phenoxy) is 1. The molecule has 0 saturated carbocycles. The molecule has 2 heterocycles. The number of carbonyl (C=O) groups excluding carboxylic acids is 1. The highest BCUT2D eigenvalue weighted by Crippen LogP contribution is 2.32. The molecule has 3 aromatic rings. The van der Waals surface area contributed by atoms with Gasteiger partial charge in [-0.1, -0.05) is 23.7 Å². The van der Waals surface area contributed by atoms with Crippen LogP contribution in [-0.2, 0) is 11.2 Å². The van der Waals surface area contributed by atoms with Crippen LogP contribution in [0.15, 0.2) is 42.6 Å². The number of hydrogen-bond acceptors (Lipinski definition) is 6. The Morgan fingerprint density at radius 1 is 1.28 bits per heavy atom. The van der Waals surface area contributed by atoms with E-state index in [2.05, 4.69) is 15.3 Å². The fraction of sp³-hybridized carbons (Fsp3) is 0.250. The molecule has 0 aliphatic carbocycles. The van der Waals surface area contributed by atoms with Crippen molar-refractivity contribution >= 4 is 40.0 Å². The molecule has 0 bridgehead atoms. The molecular formula is C20H19ClN4O4. The van der Waals surface area contributed by atoms with Crippen LogP contribution in [0, 0.1) is 10.1 Å². The molecular weight excluding hydrogens is 396 g/mol. The maximum atomic E-state index is 12.1. The van der Waals surface area contributed by atoms with Gasteiger partial charge in [-0.3, -0.25) is 20.4 Å². The van der Waals surface area contributed by atoms with Crippen LogP contribution in [-0.4, -0.2) is 26.6 Å². The minimum atomic E-state index is -0.814. The lowest BCUT2D eigenvalue weighted by atomic mass is 10.0. The molecule has 0 fully saturated rings. The minimum absolute atomic E-state index is 0.0270. The van der Waals surface area contributed by atoms with Gasteiger partial charge < -0.3 is 4.74 Å². The Labute approximate surface area is 172 Å². The van der Waals surface area contributed by atoms with Gasteiger partial charge in [-0.2, -0.15) is 0 Å². The number of aromatic nitrogens is 2. The standard InChI is InChI=1S/C20H19ClN4O4/c1-20(2,3)29-19(26)24-16-11-17(21)23-15(18(16)25(27)28)10-12-6-7-14-13(9-12)5-4-8-22-14/h4-9,11H,10H2,1-3H3,(H,23,24,26). The molecule has 0 unspecified atom stereocenters. The summed E-state index contributed by atoms with van der Waals surface area (Å²) in [5.74, 6) is 0. The number of rotatable bonds is 4. The minimum Gasteiger partial charge on any atom is -0.444 e. The van der Waals surface area contributed by atoms with Gasteiger partial charge in [0.25, 0.3) is 0 Å². The zero-order valence-electron chi connectivity index (χ0n) is 16.1. The van der Waals surface area contributed by atoms with Gasteiger partial charge in [-0.15, -0.1) is 0 Å². The smallest absolute Gasteiger partial charge is 0.412 e. The Kier molecular flexibility index (Phi) is 5.65. The number of nitrogens with one attached hydrogen (secondary N) is 1. The van der Waals surface area contributed by atoms with Crippen molar-refractivity contribution in [3.05, 3.63) is 69.1 Å². The molecule has 0 atom stereocenters. The van der Waals surface area contributed by atoms with E-state index in [9.17, 15) is 14.9 Å². The fourth-order valence-electron chi connectivity index (χ4n) is 2.82. The van der Waals surface area contributed by atoms with Crippen LogP contribution in [0.4, 0.5) is 16.2 Å². The lowest BCUT2D eigenvalue weighted by Crippen LogP contribution is -2.27. The van der Waals surface area contributed by atoms with Gasteiger partial charge in [0, 0.05) is 24.1 Å². The van der Waals surface area contributed by atoms with E-state index >= 15 is 0 Å². The number of nitro groups is 1. The third-order valence-corrected chi connectivity index (χ3v) is 4.08. The predicted molar refractivity (Wildman–Crippen MR) is 110 cm³/mol. The van der Waals surface area contributed by atoms with E-state index in [1.54, 1.807) is 27.0 Å². The molecule has 2 aromatic heterocycles. The van der Waals surface area contributed by atoms with Gasteiger partial charge in [0.05, 0.1) is 10.4 Å². The lowest BCUT2D eigenvalue weighted by Gasteiger charge is -2.19. The molecule has 8 nitrogen and oxygen atoms in total. The highest BCUT2D eigenvalue weighted by atomic mass is 35.5. The molecule has 1 aromatic carbocycles. The second kappa shape index (κ2) is 8.00. The number of hydrogen-bond donors (Lipinski definition) is 1. The van der Waals surface area contributed by atoms with Crippen LogP contribution < -0.4 is 5.32 Å². The van der Waals surface area contributed by atoms with Crippen molar-refractivity contribution in [1.29, 1.82) is 0 Å². The molecule has 0 aliphatic heterocycles. The van der Waals surface area contributed by atoms with E-state index in [1.807, 2.05) is 30.3 Å². The van der Waals surface area contributed by atoms with Crippen molar-refractivity contribution in [2.45, 2.75) is 32.8 Å². The molecule has 0 radical (unpaired) electrons. The topological polar surface area (TPSA) is 107 Å². The van der Waals surface area contributed by atoms with Crippen LogP contribution in [0.1, 0.15) is 32.0 Å². The van der Waals surface area contributed by atoms with Crippen molar-refractivity contribution in [3.63, 3.8) is 0 Å². The Morgan fingerprint density at radius 3 is 2.72 bits per heavy atom. The summed E-state index contributed by atoms with van der Waals surface area (Å²) >= 11 is 6.07. The van der Waals surface area contributed by atoms with E-state index in [1.165, 1.54) is 6.07 Å².